The molecule has 0 spiro atoms. The molecule has 0 radical (unpaired) electrons. The third-order valence-electron chi connectivity index (χ3n) is 1.21. The summed E-state index contributed by atoms with van der Waals surface area (Å²) in [5, 5.41) is 3.00. The molecule has 0 saturated carbocycles. The van der Waals surface area contributed by atoms with Crippen molar-refractivity contribution in [3.63, 3.8) is 0 Å². The molecule has 0 aliphatic rings. The summed E-state index contributed by atoms with van der Waals surface area (Å²) >= 11 is 0. The molecular weight excluding hydrogens is 185 g/mol. The van der Waals surface area contributed by atoms with Crippen LogP contribution < -0.4 is 0 Å². The first-order chi connectivity index (χ1) is 6.04. The third kappa shape index (κ3) is 2.34. The second-order valence-corrected chi connectivity index (χ2v) is 2.12. The molecule has 0 fully saturated rings. The summed E-state index contributed by atoms with van der Waals surface area (Å²) in [7, 11) is 0. The van der Waals surface area contributed by atoms with E-state index < -0.39 is 11.7 Å². The molecule has 0 saturated heterocycles. The number of hydrogen-bond donors (Lipinski definition) is 0. The predicted molar refractivity (Wildman–Crippen MR) is 38.0 cm³/mol. The van der Waals surface area contributed by atoms with E-state index in [1.807, 2.05) is 0 Å². The lowest BCUT2D eigenvalue weighted by Crippen LogP contribution is -2.04. The lowest BCUT2D eigenvalue weighted by molar-refractivity contribution is -0.137. The summed E-state index contributed by atoms with van der Waals surface area (Å²) in [6.45, 7) is 0. The van der Waals surface area contributed by atoms with Crippen molar-refractivity contribution in [2.45, 2.75) is 6.18 Å². The minimum absolute atomic E-state index is 0.155. The zero-order valence-corrected chi connectivity index (χ0v) is 6.15. The fourth-order valence-electron chi connectivity index (χ4n) is 0.689. The number of pyridine rings is 1. The van der Waals surface area contributed by atoms with Crippen LogP contribution in [0.25, 0.3) is 10.4 Å². The molecule has 1 aromatic rings. The highest BCUT2D eigenvalue weighted by atomic mass is 19.4. The zero-order valence-electron chi connectivity index (χ0n) is 6.15. The van der Waals surface area contributed by atoms with Crippen molar-refractivity contribution in [2.75, 3.05) is 0 Å². The average molecular weight is 188 g/mol. The van der Waals surface area contributed by atoms with Gasteiger partial charge in [0.15, 0.2) is 0 Å². The van der Waals surface area contributed by atoms with Crippen molar-refractivity contribution in [1.82, 2.24) is 4.98 Å². The zero-order chi connectivity index (χ0) is 9.90. The van der Waals surface area contributed by atoms with E-state index in [9.17, 15) is 13.2 Å². The van der Waals surface area contributed by atoms with E-state index in [0.29, 0.717) is 6.20 Å². The molecule has 0 aliphatic carbocycles. The van der Waals surface area contributed by atoms with E-state index in [0.717, 1.165) is 12.3 Å². The second-order valence-electron chi connectivity index (χ2n) is 2.12. The van der Waals surface area contributed by atoms with Gasteiger partial charge >= 0.3 is 6.18 Å². The van der Waals surface area contributed by atoms with Gasteiger partial charge in [-0.3, -0.25) is 4.98 Å². The van der Waals surface area contributed by atoms with Gasteiger partial charge in [-0.25, -0.2) is 0 Å². The number of aromatic nitrogens is 1. The van der Waals surface area contributed by atoms with Crippen LogP contribution in [0, 0.1) is 0 Å². The maximum atomic E-state index is 12.0. The largest absolute Gasteiger partial charge is 0.417 e. The first-order valence-corrected chi connectivity index (χ1v) is 3.11. The molecule has 0 bridgehead atoms. The Morgan fingerprint density at radius 3 is 2.62 bits per heavy atom. The van der Waals surface area contributed by atoms with Crippen LogP contribution in [0.1, 0.15) is 5.56 Å². The fourth-order valence-corrected chi connectivity index (χ4v) is 0.689. The smallest absolute Gasteiger partial charge is 0.264 e. The SMILES string of the molecule is [N-]=[N+]=Nc1cncc(C(F)(F)F)c1. The van der Waals surface area contributed by atoms with Crippen molar-refractivity contribution in [2.24, 2.45) is 5.11 Å². The summed E-state index contributed by atoms with van der Waals surface area (Å²) in [4.78, 5) is 5.63. The summed E-state index contributed by atoms with van der Waals surface area (Å²) in [6.07, 6.45) is -2.75. The van der Waals surface area contributed by atoms with Crippen LogP contribution in [0.5, 0.6) is 0 Å². The van der Waals surface area contributed by atoms with E-state index in [1.54, 1.807) is 0 Å². The van der Waals surface area contributed by atoms with Gasteiger partial charge < -0.3 is 0 Å². The maximum Gasteiger partial charge on any atom is 0.417 e. The molecule has 0 aliphatic heterocycles. The minimum atomic E-state index is -4.46. The number of nitrogens with zero attached hydrogens (tertiary/aromatic N) is 4. The molecule has 13 heavy (non-hydrogen) atoms. The van der Waals surface area contributed by atoms with Crippen LogP contribution in [0.3, 0.4) is 0 Å². The Morgan fingerprint density at radius 2 is 2.08 bits per heavy atom. The van der Waals surface area contributed by atoms with E-state index in [2.05, 4.69) is 15.0 Å². The lowest BCUT2D eigenvalue weighted by Gasteiger charge is -2.05. The molecule has 1 rings (SSSR count). The third-order valence-corrected chi connectivity index (χ3v) is 1.21. The Kier molecular flexibility index (Phi) is 2.39. The van der Waals surface area contributed by atoms with Crippen molar-refractivity contribution in [3.05, 3.63) is 34.5 Å². The van der Waals surface area contributed by atoms with Crippen LogP contribution in [0.15, 0.2) is 23.6 Å². The quantitative estimate of drug-likeness (QED) is 0.379. The standard InChI is InChI=1S/C6H3F3N4/c7-6(8,9)4-1-5(12-13-10)3-11-2-4/h1-3H. The number of azide groups is 1. The van der Waals surface area contributed by atoms with E-state index in [1.165, 1.54) is 0 Å². The summed E-state index contributed by atoms with van der Waals surface area (Å²) in [5.41, 5.74) is 6.87. The van der Waals surface area contributed by atoms with E-state index in [-0.39, 0.29) is 5.69 Å². The molecule has 0 aromatic carbocycles. The van der Waals surface area contributed by atoms with Gasteiger partial charge in [-0.05, 0) is 11.6 Å². The number of halogens is 3. The van der Waals surface area contributed by atoms with Gasteiger partial charge in [-0.15, -0.1) is 0 Å². The molecule has 1 aromatic heterocycles. The molecule has 0 N–H and O–H groups in total. The summed E-state index contributed by atoms with van der Waals surface area (Å²) in [5.74, 6) is 0. The van der Waals surface area contributed by atoms with Gasteiger partial charge in [0.1, 0.15) is 0 Å². The lowest BCUT2D eigenvalue weighted by atomic mass is 10.2. The van der Waals surface area contributed by atoms with Crippen molar-refractivity contribution < 1.29 is 13.2 Å². The normalized spacial score (nSPS) is 10.7. The maximum absolute atomic E-state index is 12.0. The number of rotatable bonds is 1. The second kappa shape index (κ2) is 3.32. The van der Waals surface area contributed by atoms with Crippen LogP contribution in [-0.4, -0.2) is 4.98 Å². The van der Waals surface area contributed by atoms with Gasteiger partial charge in [-0.2, -0.15) is 13.2 Å². The molecule has 0 amide bonds. The predicted octanol–water partition coefficient (Wildman–Crippen LogP) is 3.04. The Balaban J connectivity index is 3.12. The molecule has 68 valence electrons. The number of alkyl halides is 3. The van der Waals surface area contributed by atoms with Crippen molar-refractivity contribution in [3.8, 4) is 0 Å². The highest BCUT2D eigenvalue weighted by Crippen LogP contribution is 2.30. The molecule has 7 heteroatoms. The minimum Gasteiger partial charge on any atom is -0.264 e. The molecule has 4 nitrogen and oxygen atoms in total. The molecule has 0 atom stereocenters. The average Bonchev–Trinajstić information content (AvgIpc) is 2.04. The molecule has 0 unspecified atom stereocenters. The Bertz CT molecular complexity index is 353. The van der Waals surface area contributed by atoms with E-state index >= 15 is 0 Å². The Morgan fingerprint density at radius 1 is 1.38 bits per heavy atom. The first-order valence-electron chi connectivity index (χ1n) is 3.11. The van der Waals surface area contributed by atoms with Gasteiger partial charge in [0.2, 0.25) is 0 Å². The molecular formula is C6H3F3N4. The fraction of sp³-hybridized carbons (Fsp3) is 0.167. The Labute approximate surface area is 70.6 Å². The van der Waals surface area contributed by atoms with Crippen LogP contribution in [-0.2, 0) is 6.18 Å². The van der Waals surface area contributed by atoms with Crippen LogP contribution in [0.4, 0.5) is 18.9 Å². The summed E-state index contributed by atoms with van der Waals surface area (Å²) in [6, 6.07) is 0.729. The summed E-state index contributed by atoms with van der Waals surface area (Å²) < 4.78 is 36.1. The highest BCUT2D eigenvalue weighted by Gasteiger charge is 2.30. The van der Waals surface area contributed by atoms with Crippen molar-refractivity contribution >= 4 is 5.69 Å². The van der Waals surface area contributed by atoms with Crippen LogP contribution >= 0.6 is 0 Å². The van der Waals surface area contributed by atoms with Gasteiger partial charge in [0.25, 0.3) is 0 Å². The Hall–Kier alpha value is -1.75. The monoisotopic (exact) mass is 188 g/mol. The van der Waals surface area contributed by atoms with Crippen molar-refractivity contribution in [1.29, 1.82) is 0 Å². The van der Waals surface area contributed by atoms with Gasteiger partial charge in [0.05, 0.1) is 11.3 Å². The molecule has 1 heterocycles. The first kappa shape index (κ1) is 9.34. The van der Waals surface area contributed by atoms with E-state index in [4.69, 9.17) is 5.53 Å². The van der Waals surface area contributed by atoms with Gasteiger partial charge in [0, 0.05) is 17.3 Å². The number of hydrogen-bond acceptors (Lipinski definition) is 2. The highest BCUT2D eigenvalue weighted by molar-refractivity contribution is 5.37. The topological polar surface area (TPSA) is 61.7 Å². The van der Waals surface area contributed by atoms with Gasteiger partial charge in [-0.1, -0.05) is 5.11 Å². The van der Waals surface area contributed by atoms with Crippen LogP contribution in [0.2, 0.25) is 0 Å².